The predicted octanol–water partition coefficient (Wildman–Crippen LogP) is 0.371. The number of aliphatic hydroxyl groups excluding tert-OH is 1. The number of hydrogen-bond donors (Lipinski definition) is 2. The van der Waals surface area contributed by atoms with Crippen LogP contribution in [0.5, 0.6) is 0 Å². The average molecular weight is 243 g/mol. The van der Waals surface area contributed by atoms with Crippen LogP contribution in [-0.2, 0) is 0 Å². The van der Waals surface area contributed by atoms with Crippen molar-refractivity contribution < 1.29 is 5.11 Å². The standard InChI is InChI=1S/C13H29N3O/c1-11(2)14-12(10-17)8-16(4)13-6-5-7-15(3)9-13/h11-14,17H,5-10H2,1-4H3. The van der Waals surface area contributed by atoms with Gasteiger partial charge in [0.1, 0.15) is 0 Å². The second-order valence-corrected chi connectivity index (χ2v) is 5.70. The Labute approximate surface area is 106 Å². The van der Waals surface area contributed by atoms with Crippen LogP contribution in [0, 0.1) is 0 Å². The Hall–Kier alpha value is -0.160. The first kappa shape index (κ1) is 14.9. The molecule has 0 aromatic carbocycles. The Kier molecular flexibility index (Phi) is 6.41. The molecule has 1 saturated heterocycles. The number of nitrogens with one attached hydrogen (secondary N) is 1. The lowest BCUT2D eigenvalue weighted by molar-refractivity contribution is 0.110. The zero-order valence-corrected chi connectivity index (χ0v) is 11.8. The quantitative estimate of drug-likeness (QED) is 0.707. The van der Waals surface area contributed by atoms with Crippen LogP contribution in [-0.4, -0.2) is 73.4 Å². The maximum absolute atomic E-state index is 9.37. The van der Waals surface area contributed by atoms with Gasteiger partial charge in [0.15, 0.2) is 0 Å². The van der Waals surface area contributed by atoms with E-state index in [2.05, 4.69) is 43.1 Å². The summed E-state index contributed by atoms with van der Waals surface area (Å²) in [5.74, 6) is 0. The Balaban J connectivity index is 2.37. The Bertz CT molecular complexity index is 211. The molecule has 0 radical (unpaired) electrons. The summed E-state index contributed by atoms with van der Waals surface area (Å²) in [6, 6.07) is 1.25. The van der Waals surface area contributed by atoms with Crippen LogP contribution in [0.15, 0.2) is 0 Å². The third-order valence-corrected chi connectivity index (χ3v) is 3.52. The van der Waals surface area contributed by atoms with Crippen LogP contribution in [0.4, 0.5) is 0 Å². The van der Waals surface area contributed by atoms with Crippen molar-refractivity contribution in [3.8, 4) is 0 Å². The topological polar surface area (TPSA) is 38.7 Å². The predicted molar refractivity (Wildman–Crippen MR) is 72.3 cm³/mol. The summed E-state index contributed by atoms with van der Waals surface area (Å²) in [7, 11) is 4.37. The molecular weight excluding hydrogens is 214 g/mol. The first-order valence-electron chi connectivity index (χ1n) is 6.78. The van der Waals surface area contributed by atoms with E-state index in [1.165, 1.54) is 19.4 Å². The molecule has 4 nitrogen and oxygen atoms in total. The summed E-state index contributed by atoms with van der Waals surface area (Å²) < 4.78 is 0. The summed E-state index contributed by atoms with van der Waals surface area (Å²) in [6.45, 7) is 7.75. The van der Waals surface area contributed by atoms with E-state index in [-0.39, 0.29) is 12.6 Å². The second-order valence-electron chi connectivity index (χ2n) is 5.70. The molecule has 2 atom stereocenters. The third-order valence-electron chi connectivity index (χ3n) is 3.52. The molecular formula is C13H29N3O. The molecule has 0 amide bonds. The van der Waals surface area contributed by atoms with Crippen molar-refractivity contribution in [3.63, 3.8) is 0 Å². The Morgan fingerprint density at radius 1 is 1.47 bits per heavy atom. The highest BCUT2D eigenvalue weighted by atomic mass is 16.3. The van der Waals surface area contributed by atoms with Gasteiger partial charge in [-0.05, 0) is 33.5 Å². The fourth-order valence-corrected chi connectivity index (χ4v) is 2.63. The molecule has 1 fully saturated rings. The minimum atomic E-state index is 0.187. The molecule has 1 aliphatic rings. The Morgan fingerprint density at radius 2 is 2.18 bits per heavy atom. The summed E-state index contributed by atoms with van der Waals surface area (Å²) in [6.07, 6.45) is 2.56. The highest BCUT2D eigenvalue weighted by Crippen LogP contribution is 2.13. The van der Waals surface area contributed by atoms with E-state index in [4.69, 9.17) is 0 Å². The zero-order valence-electron chi connectivity index (χ0n) is 11.8. The van der Waals surface area contributed by atoms with Crippen molar-refractivity contribution in [1.82, 2.24) is 15.1 Å². The van der Waals surface area contributed by atoms with E-state index >= 15 is 0 Å². The van der Waals surface area contributed by atoms with Gasteiger partial charge in [-0.25, -0.2) is 0 Å². The van der Waals surface area contributed by atoms with Gasteiger partial charge in [-0.15, -0.1) is 0 Å². The molecule has 4 heteroatoms. The van der Waals surface area contributed by atoms with Crippen LogP contribution in [0.25, 0.3) is 0 Å². The Morgan fingerprint density at radius 3 is 2.71 bits per heavy atom. The molecule has 0 aliphatic carbocycles. The van der Waals surface area contributed by atoms with Crippen molar-refractivity contribution in [1.29, 1.82) is 0 Å². The van der Waals surface area contributed by atoms with Gasteiger partial charge in [0, 0.05) is 31.2 Å². The first-order chi connectivity index (χ1) is 8.02. The van der Waals surface area contributed by atoms with Crippen molar-refractivity contribution >= 4 is 0 Å². The van der Waals surface area contributed by atoms with Crippen molar-refractivity contribution in [2.24, 2.45) is 0 Å². The summed E-state index contributed by atoms with van der Waals surface area (Å²) in [5, 5.41) is 12.8. The molecule has 0 bridgehead atoms. The van der Waals surface area contributed by atoms with Gasteiger partial charge < -0.3 is 20.2 Å². The van der Waals surface area contributed by atoms with Gasteiger partial charge >= 0.3 is 0 Å². The number of likely N-dealkylation sites (N-methyl/N-ethyl adjacent to an activating group) is 2. The fraction of sp³-hybridized carbons (Fsp3) is 1.00. The van der Waals surface area contributed by atoms with Crippen LogP contribution in [0.3, 0.4) is 0 Å². The molecule has 1 aliphatic heterocycles. The monoisotopic (exact) mass is 243 g/mol. The molecule has 0 aromatic heterocycles. The molecule has 102 valence electrons. The number of likely N-dealkylation sites (tertiary alicyclic amines) is 1. The SMILES string of the molecule is CC(C)NC(CO)CN(C)C1CCCN(C)C1. The van der Waals surface area contributed by atoms with Gasteiger partial charge in [-0.2, -0.15) is 0 Å². The largest absolute Gasteiger partial charge is 0.395 e. The van der Waals surface area contributed by atoms with Crippen molar-refractivity contribution in [2.45, 2.75) is 44.8 Å². The smallest absolute Gasteiger partial charge is 0.0597 e. The van der Waals surface area contributed by atoms with E-state index in [1.807, 2.05) is 0 Å². The average Bonchev–Trinajstić information content (AvgIpc) is 2.27. The normalized spacial score (nSPS) is 24.5. The van der Waals surface area contributed by atoms with Crippen molar-refractivity contribution in [2.75, 3.05) is 40.3 Å². The van der Waals surface area contributed by atoms with Gasteiger partial charge in [0.2, 0.25) is 0 Å². The lowest BCUT2D eigenvalue weighted by Gasteiger charge is -2.37. The maximum atomic E-state index is 9.37. The maximum Gasteiger partial charge on any atom is 0.0597 e. The van der Waals surface area contributed by atoms with Gasteiger partial charge in [0.05, 0.1) is 6.61 Å². The lowest BCUT2D eigenvalue weighted by atomic mass is 10.0. The third kappa shape index (κ3) is 5.34. The minimum Gasteiger partial charge on any atom is -0.395 e. The molecule has 17 heavy (non-hydrogen) atoms. The second kappa shape index (κ2) is 7.31. The molecule has 2 N–H and O–H groups in total. The van der Waals surface area contributed by atoms with E-state index in [0.717, 1.165) is 13.1 Å². The molecule has 0 saturated carbocycles. The highest BCUT2D eigenvalue weighted by Gasteiger charge is 2.23. The van der Waals surface area contributed by atoms with Crippen LogP contribution < -0.4 is 5.32 Å². The molecule has 0 spiro atoms. The summed E-state index contributed by atoms with van der Waals surface area (Å²) in [5.41, 5.74) is 0. The number of rotatable bonds is 6. The van der Waals surface area contributed by atoms with Gasteiger partial charge in [-0.1, -0.05) is 13.8 Å². The molecule has 2 unspecified atom stereocenters. The number of hydrogen-bond acceptors (Lipinski definition) is 4. The molecule has 1 rings (SSSR count). The van der Waals surface area contributed by atoms with E-state index in [0.29, 0.717) is 12.1 Å². The van der Waals surface area contributed by atoms with Gasteiger partial charge in [0.25, 0.3) is 0 Å². The number of piperidine rings is 1. The first-order valence-corrected chi connectivity index (χ1v) is 6.78. The van der Waals surface area contributed by atoms with Crippen molar-refractivity contribution in [3.05, 3.63) is 0 Å². The van der Waals surface area contributed by atoms with Gasteiger partial charge in [-0.3, -0.25) is 0 Å². The van der Waals surface area contributed by atoms with E-state index in [9.17, 15) is 5.11 Å². The van der Waals surface area contributed by atoms with Crippen LogP contribution in [0.1, 0.15) is 26.7 Å². The summed E-state index contributed by atoms with van der Waals surface area (Å²) in [4.78, 5) is 4.79. The number of aliphatic hydroxyl groups is 1. The summed E-state index contributed by atoms with van der Waals surface area (Å²) >= 11 is 0. The lowest BCUT2D eigenvalue weighted by Crippen LogP contribution is -2.51. The number of nitrogens with zero attached hydrogens (tertiary/aromatic N) is 2. The van der Waals surface area contributed by atoms with Crippen LogP contribution in [0.2, 0.25) is 0 Å². The molecule has 0 aromatic rings. The van der Waals surface area contributed by atoms with E-state index in [1.54, 1.807) is 0 Å². The van der Waals surface area contributed by atoms with Crippen LogP contribution >= 0.6 is 0 Å². The zero-order chi connectivity index (χ0) is 12.8. The molecule has 1 heterocycles. The van der Waals surface area contributed by atoms with E-state index < -0.39 is 0 Å². The fourth-order valence-electron chi connectivity index (χ4n) is 2.63. The minimum absolute atomic E-state index is 0.187. The highest BCUT2D eigenvalue weighted by molar-refractivity contribution is 4.81.